The quantitative estimate of drug-likeness (QED) is 0.869. The Hall–Kier alpha value is -1.96. The molecule has 0 saturated carbocycles. The summed E-state index contributed by atoms with van der Waals surface area (Å²) in [4.78, 5) is 31.8. The van der Waals surface area contributed by atoms with Crippen molar-refractivity contribution < 1.29 is 14.1 Å². The largest absolute Gasteiger partial charge is 0.352 e. The van der Waals surface area contributed by atoms with Gasteiger partial charge in [-0.1, -0.05) is 5.16 Å². The Kier molecular flexibility index (Phi) is 4.84. The number of carbonyl (C=O) groups is 2. The van der Waals surface area contributed by atoms with Crippen molar-refractivity contribution in [2.45, 2.75) is 39.2 Å². The molecule has 1 spiro atoms. The molecular weight excluding hydrogens is 310 g/mol. The lowest BCUT2D eigenvalue weighted by Gasteiger charge is -2.47. The van der Waals surface area contributed by atoms with Crippen LogP contribution < -0.4 is 5.32 Å². The van der Waals surface area contributed by atoms with Crippen LogP contribution in [-0.2, 0) is 11.3 Å². The first-order valence-electron chi connectivity index (χ1n) is 8.60. The minimum Gasteiger partial charge on any atom is -0.352 e. The highest BCUT2D eigenvalue weighted by atomic mass is 16.5. The molecule has 24 heavy (non-hydrogen) atoms. The van der Waals surface area contributed by atoms with Gasteiger partial charge in [-0.3, -0.25) is 14.5 Å². The van der Waals surface area contributed by atoms with E-state index in [0.717, 1.165) is 45.4 Å². The van der Waals surface area contributed by atoms with E-state index in [1.807, 2.05) is 11.8 Å². The molecule has 1 aromatic rings. The topological polar surface area (TPSA) is 91.6 Å². The lowest BCUT2D eigenvalue weighted by atomic mass is 9.72. The number of hydrogen-bond donors (Lipinski definition) is 1. The van der Waals surface area contributed by atoms with Gasteiger partial charge < -0.3 is 14.7 Å². The average Bonchev–Trinajstić information content (AvgIpc) is 3.07. The standard InChI is InChI=1S/C16H25N5O3/c1-3-21-11-16(5-4-13(21)22)6-8-20(9-7-16)10-12-18-14(19-24-12)15(23)17-2/h3-11H2,1-2H3,(H,17,23). The molecule has 1 aromatic heterocycles. The summed E-state index contributed by atoms with van der Waals surface area (Å²) in [6.07, 6.45) is 3.82. The Balaban J connectivity index is 1.54. The second-order valence-electron chi connectivity index (χ2n) is 6.77. The van der Waals surface area contributed by atoms with Gasteiger partial charge in [0.05, 0.1) is 6.54 Å². The van der Waals surface area contributed by atoms with Crippen LogP contribution in [0.1, 0.15) is 49.1 Å². The summed E-state index contributed by atoms with van der Waals surface area (Å²) < 4.78 is 5.16. The van der Waals surface area contributed by atoms with Crippen LogP contribution in [0.2, 0.25) is 0 Å². The van der Waals surface area contributed by atoms with Gasteiger partial charge in [-0.15, -0.1) is 0 Å². The molecule has 0 aromatic carbocycles. The van der Waals surface area contributed by atoms with E-state index in [9.17, 15) is 9.59 Å². The van der Waals surface area contributed by atoms with Crippen LogP contribution in [0.15, 0.2) is 4.52 Å². The lowest BCUT2D eigenvalue weighted by molar-refractivity contribution is -0.138. The van der Waals surface area contributed by atoms with Gasteiger partial charge in [-0.2, -0.15) is 4.98 Å². The molecule has 1 N–H and O–H groups in total. The first-order chi connectivity index (χ1) is 11.5. The number of piperidine rings is 2. The number of nitrogens with one attached hydrogen (secondary N) is 1. The van der Waals surface area contributed by atoms with Gasteiger partial charge in [0.1, 0.15) is 0 Å². The molecule has 2 fully saturated rings. The molecule has 2 aliphatic heterocycles. The summed E-state index contributed by atoms with van der Waals surface area (Å²) in [6, 6.07) is 0. The Bertz CT molecular complexity index is 607. The zero-order chi connectivity index (χ0) is 17.2. The molecule has 0 aliphatic carbocycles. The predicted octanol–water partition coefficient (Wildman–Crippen LogP) is 0.654. The van der Waals surface area contributed by atoms with Crippen molar-refractivity contribution in [1.82, 2.24) is 25.3 Å². The third kappa shape index (κ3) is 3.43. The van der Waals surface area contributed by atoms with Gasteiger partial charge in [0, 0.05) is 26.6 Å². The number of carbonyl (C=O) groups excluding carboxylic acids is 2. The second kappa shape index (κ2) is 6.88. The van der Waals surface area contributed by atoms with Gasteiger partial charge in [0.2, 0.25) is 11.8 Å². The Morgan fingerprint density at radius 3 is 2.75 bits per heavy atom. The number of hydrogen-bond acceptors (Lipinski definition) is 6. The molecule has 0 unspecified atom stereocenters. The third-order valence-electron chi connectivity index (χ3n) is 5.30. The van der Waals surface area contributed by atoms with Crippen LogP contribution in [0, 0.1) is 5.41 Å². The molecule has 8 nitrogen and oxygen atoms in total. The smallest absolute Gasteiger partial charge is 0.292 e. The third-order valence-corrected chi connectivity index (χ3v) is 5.30. The van der Waals surface area contributed by atoms with Crippen LogP contribution in [0.4, 0.5) is 0 Å². The summed E-state index contributed by atoms with van der Waals surface area (Å²) >= 11 is 0. The normalized spacial score (nSPS) is 21.2. The fraction of sp³-hybridized carbons (Fsp3) is 0.750. The number of likely N-dealkylation sites (tertiary alicyclic amines) is 2. The molecule has 0 radical (unpaired) electrons. The Labute approximate surface area is 141 Å². The highest BCUT2D eigenvalue weighted by Crippen LogP contribution is 2.40. The summed E-state index contributed by atoms with van der Waals surface area (Å²) in [6.45, 7) is 6.20. The van der Waals surface area contributed by atoms with Crippen LogP contribution in [-0.4, -0.2) is 65.0 Å². The summed E-state index contributed by atoms with van der Waals surface area (Å²) in [7, 11) is 1.54. The number of rotatable bonds is 4. The lowest BCUT2D eigenvalue weighted by Crippen LogP contribution is -2.51. The van der Waals surface area contributed by atoms with Crippen LogP contribution in [0.25, 0.3) is 0 Å². The maximum atomic E-state index is 11.9. The van der Waals surface area contributed by atoms with Crippen molar-refractivity contribution in [2.24, 2.45) is 5.41 Å². The monoisotopic (exact) mass is 335 g/mol. The minimum absolute atomic E-state index is 0.0744. The summed E-state index contributed by atoms with van der Waals surface area (Å²) in [5, 5.41) is 6.18. The fourth-order valence-corrected chi connectivity index (χ4v) is 3.70. The summed E-state index contributed by atoms with van der Waals surface area (Å²) in [5.74, 6) is 0.496. The first kappa shape index (κ1) is 16.9. The van der Waals surface area contributed by atoms with Gasteiger partial charge in [-0.25, -0.2) is 0 Å². The van der Waals surface area contributed by atoms with Crippen molar-refractivity contribution >= 4 is 11.8 Å². The molecule has 8 heteroatoms. The Morgan fingerprint density at radius 2 is 2.08 bits per heavy atom. The highest BCUT2D eigenvalue weighted by Gasteiger charge is 2.40. The number of nitrogens with zero attached hydrogens (tertiary/aromatic N) is 4. The first-order valence-corrected chi connectivity index (χ1v) is 8.60. The van der Waals surface area contributed by atoms with Gasteiger partial charge in [0.25, 0.3) is 11.7 Å². The number of amides is 2. The van der Waals surface area contributed by atoms with Gasteiger partial charge in [-0.05, 0) is 44.7 Å². The number of aromatic nitrogens is 2. The van der Waals surface area contributed by atoms with E-state index in [1.165, 1.54) is 7.05 Å². The molecule has 3 heterocycles. The van der Waals surface area contributed by atoms with Crippen molar-refractivity contribution in [3.63, 3.8) is 0 Å². The maximum absolute atomic E-state index is 11.9. The van der Waals surface area contributed by atoms with E-state index in [1.54, 1.807) is 0 Å². The molecule has 3 rings (SSSR count). The van der Waals surface area contributed by atoms with E-state index in [4.69, 9.17) is 4.52 Å². The summed E-state index contributed by atoms with van der Waals surface area (Å²) in [5.41, 5.74) is 0.266. The highest BCUT2D eigenvalue weighted by molar-refractivity contribution is 5.89. The molecule has 2 amide bonds. The molecular formula is C16H25N5O3. The van der Waals surface area contributed by atoms with Crippen molar-refractivity contribution in [3.05, 3.63) is 11.7 Å². The predicted molar refractivity (Wildman–Crippen MR) is 86.1 cm³/mol. The van der Waals surface area contributed by atoms with Crippen LogP contribution >= 0.6 is 0 Å². The van der Waals surface area contributed by atoms with E-state index in [2.05, 4.69) is 20.4 Å². The SMILES string of the molecule is CCN1CC2(CCC1=O)CCN(Cc1nc(C(=O)NC)no1)CC2. The average molecular weight is 335 g/mol. The van der Waals surface area contributed by atoms with Crippen molar-refractivity contribution in [3.8, 4) is 0 Å². The van der Waals surface area contributed by atoms with E-state index >= 15 is 0 Å². The van der Waals surface area contributed by atoms with E-state index < -0.39 is 0 Å². The molecule has 0 bridgehead atoms. The van der Waals surface area contributed by atoms with Crippen molar-refractivity contribution in [2.75, 3.05) is 33.2 Å². The molecule has 0 atom stereocenters. The Morgan fingerprint density at radius 1 is 1.33 bits per heavy atom. The molecule has 132 valence electrons. The van der Waals surface area contributed by atoms with Crippen LogP contribution in [0.5, 0.6) is 0 Å². The molecule has 2 aliphatic rings. The zero-order valence-corrected chi connectivity index (χ0v) is 14.4. The van der Waals surface area contributed by atoms with Gasteiger partial charge >= 0.3 is 0 Å². The minimum atomic E-state index is -0.339. The van der Waals surface area contributed by atoms with E-state index in [0.29, 0.717) is 18.9 Å². The maximum Gasteiger partial charge on any atom is 0.292 e. The van der Waals surface area contributed by atoms with Crippen LogP contribution in [0.3, 0.4) is 0 Å². The van der Waals surface area contributed by atoms with E-state index in [-0.39, 0.29) is 23.1 Å². The van der Waals surface area contributed by atoms with Crippen molar-refractivity contribution in [1.29, 1.82) is 0 Å². The zero-order valence-electron chi connectivity index (χ0n) is 14.4. The second-order valence-corrected chi connectivity index (χ2v) is 6.77. The van der Waals surface area contributed by atoms with Gasteiger partial charge in [0.15, 0.2) is 0 Å². The fourth-order valence-electron chi connectivity index (χ4n) is 3.70. The molecule has 2 saturated heterocycles.